The molecule has 1 aromatic carbocycles. The van der Waals surface area contributed by atoms with Crippen molar-refractivity contribution in [3.05, 3.63) is 74.7 Å². The van der Waals surface area contributed by atoms with E-state index >= 15 is 0 Å². The number of carbonyl (C=O) groups is 2. The normalized spacial score (nSPS) is 15.7. The lowest BCUT2D eigenvalue weighted by atomic mass is 9.92. The molecule has 0 radical (unpaired) electrons. The van der Waals surface area contributed by atoms with Crippen molar-refractivity contribution in [2.45, 2.75) is 44.7 Å². The maximum absolute atomic E-state index is 12.4. The lowest BCUT2D eigenvalue weighted by Crippen LogP contribution is -2.31. The van der Waals surface area contributed by atoms with Crippen LogP contribution in [0.3, 0.4) is 0 Å². The van der Waals surface area contributed by atoms with Crippen LogP contribution in [0.1, 0.15) is 58.2 Å². The maximum Gasteiger partial charge on any atom is 0.220 e. The molecular formula is C22H22ClN3O2S. The molecule has 0 aliphatic heterocycles. The molecule has 1 aliphatic carbocycles. The fourth-order valence-electron chi connectivity index (χ4n) is 3.74. The maximum atomic E-state index is 12.4. The number of nitrogens with one attached hydrogen (secondary N) is 1. The summed E-state index contributed by atoms with van der Waals surface area (Å²) in [6.45, 7) is 0.731. The Kier molecular flexibility index (Phi) is 6.11. The summed E-state index contributed by atoms with van der Waals surface area (Å²) in [6.07, 6.45) is 5.11. The van der Waals surface area contributed by atoms with Crippen LogP contribution in [0.15, 0.2) is 48.7 Å². The first-order valence-corrected chi connectivity index (χ1v) is 11.0. The number of hydrogen-bond donors (Lipinski definition) is 1. The van der Waals surface area contributed by atoms with E-state index in [0.717, 1.165) is 31.4 Å². The molecule has 4 rings (SSSR count). The molecule has 1 N–H and O–H groups in total. The number of aromatic nitrogens is 2. The van der Waals surface area contributed by atoms with Crippen molar-refractivity contribution in [3.63, 3.8) is 0 Å². The van der Waals surface area contributed by atoms with Gasteiger partial charge in [0.05, 0.1) is 28.0 Å². The molecule has 7 heteroatoms. The molecule has 0 spiro atoms. The fraction of sp³-hybridized carbons (Fsp3) is 0.318. The smallest absolute Gasteiger partial charge is 0.220 e. The van der Waals surface area contributed by atoms with Crippen LogP contribution in [0.25, 0.3) is 0 Å². The van der Waals surface area contributed by atoms with Gasteiger partial charge in [0, 0.05) is 24.1 Å². The van der Waals surface area contributed by atoms with E-state index in [1.807, 2.05) is 29.1 Å². The summed E-state index contributed by atoms with van der Waals surface area (Å²) in [5.41, 5.74) is 3.49. The van der Waals surface area contributed by atoms with Crippen LogP contribution in [0, 0.1) is 0 Å². The second-order valence-electron chi connectivity index (χ2n) is 7.23. The second kappa shape index (κ2) is 8.93. The van der Waals surface area contributed by atoms with Crippen LogP contribution >= 0.6 is 22.9 Å². The first-order valence-electron chi connectivity index (χ1n) is 9.76. The highest BCUT2D eigenvalue weighted by Gasteiger charge is 2.25. The number of hydrogen-bond acceptors (Lipinski definition) is 4. The molecule has 1 unspecified atom stereocenters. The molecule has 0 saturated carbocycles. The van der Waals surface area contributed by atoms with Gasteiger partial charge >= 0.3 is 0 Å². The van der Waals surface area contributed by atoms with E-state index in [2.05, 4.69) is 22.5 Å². The van der Waals surface area contributed by atoms with Gasteiger partial charge in [-0.15, -0.1) is 11.3 Å². The molecule has 2 heterocycles. The van der Waals surface area contributed by atoms with E-state index in [0.29, 0.717) is 9.21 Å². The second-order valence-corrected chi connectivity index (χ2v) is 8.94. The number of thiophene rings is 1. The van der Waals surface area contributed by atoms with Gasteiger partial charge in [-0.25, -0.2) is 0 Å². The van der Waals surface area contributed by atoms with Gasteiger partial charge in [0.15, 0.2) is 5.78 Å². The third kappa shape index (κ3) is 4.77. The van der Waals surface area contributed by atoms with Crippen molar-refractivity contribution < 1.29 is 9.59 Å². The zero-order valence-electron chi connectivity index (χ0n) is 15.9. The monoisotopic (exact) mass is 427 g/mol. The van der Waals surface area contributed by atoms with E-state index in [1.54, 1.807) is 12.1 Å². The van der Waals surface area contributed by atoms with Crippen LogP contribution in [0.4, 0.5) is 0 Å². The molecular weight excluding hydrogens is 406 g/mol. The lowest BCUT2D eigenvalue weighted by molar-refractivity contribution is -0.121. The number of fused-ring (bicyclic) bond motifs is 1. The van der Waals surface area contributed by atoms with Crippen LogP contribution in [0.2, 0.25) is 4.34 Å². The number of benzene rings is 1. The van der Waals surface area contributed by atoms with Crippen molar-refractivity contribution >= 4 is 34.6 Å². The topological polar surface area (TPSA) is 64.0 Å². The number of carbonyl (C=O) groups excluding carboxylic acids is 2. The Morgan fingerprint density at radius 1 is 1.17 bits per heavy atom. The third-order valence-corrected chi connectivity index (χ3v) is 6.47. The minimum atomic E-state index is -0.102. The van der Waals surface area contributed by atoms with Gasteiger partial charge < -0.3 is 5.32 Å². The highest BCUT2D eigenvalue weighted by molar-refractivity contribution is 7.18. The minimum absolute atomic E-state index is 0.0398. The summed E-state index contributed by atoms with van der Waals surface area (Å²) < 4.78 is 2.62. The average Bonchev–Trinajstić information content (AvgIpc) is 3.34. The third-order valence-electron chi connectivity index (χ3n) is 5.20. The van der Waals surface area contributed by atoms with Crippen LogP contribution < -0.4 is 5.32 Å². The van der Waals surface area contributed by atoms with E-state index in [-0.39, 0.29) is 30.6 Å². The molecule has 0 saturated heterocycles. The number of Topliss-reactive ketones (excluding diaryl/α,β-unsaturated/α-hetero) is 1. The van der Waals surface area contributed by atoms with Crippen molar-refractivity contribution in [1.29, 1.82) is 0 Å². The minimum Gasteiger partial charge on any atom is -0.349 e. The average molecular weight is 428 g/mol. The zero-order chi connectivity index (χ0) is 20.2. The van der Waals surface area contributed by atoms with Crippen LogP contribution in [-0.2, 0) is 17.8 Å². The Bertz CT molecular complexity index is 1010. The van der Waals surface area contributed by atoms with E-state index in [1.165, 1.54) is 22.6 Å². The summed E-state index contributed by atoms with van der Waals surface area (Å²) in [7, 11) is 0. The highest BCUT2D eigenvalue weighted by Crippen LogP contribution is 2.30. The molecule has 3 aromatic rings. The molecule has 1 amide bonds. The van der Waals surface area contributed by atoms with Gasteiger partial charge in [-0.3, -0.25) is 14.3 Å². The molecule has 29 heavy (non-hydrogen) atoms. The quantitative estimate of drug-likeness (QED) is 0.550. The number of rotatable bonds is 7. The first kappa shape index (κ1) is 19.9. The Labute approximate surface area is 178 Å². The summed E-state index contributed by atoms with van der Waals surface area (Å²) in [4.78, 5) is 25.2. The van der Waals surface area contributed by atoms with Crippen molar-refractivity contribution in [2.24, 2.45) is 0 Å². The molecule has 5 nitrogen and oxygen atoms in total. The summed E-state index contributed by atoms with van der Waals surface area (Å²) in [6, 6.07) is 13.6. The van der Waals surface area contributed by atoms with Gasteiger partial charge in [0.1, 0.15) is 0 Å². The number of amides is 1. The Morgan fingerprint density at radius 2 is 2.00 bits per heavy atom. The summed E-state index contributed by atoms with van der Waals surface area (Å²) >= 11 is 7.13. The predicted octanol–water partition coefficient (Wildman–Crippen LogP) is 4.80. The Balaban J connectivity index is 1.37. The van der Waals surface area contributed by atoms with Gasteiger partial charge in [0.25, 0.3) is 0 Å². The van der Waals surface area contributed by atoms with Gasteiger partial charge in [0.2, 0.25) is 5.91 Å². The van der Waals surface area contributed by atoms with Gasteiger partial charge in [-0.05, 0) is 37.0 Å². The fourth-order valence-corrected chi connectivity index (χ4v) is 4.75. The van der Waals surface area contributed by atoms with Crippen molar-refractivity contribution in [1.82, 2.24) is 15.1 Å². The number of ketones is 1. The molecule has 2 aromatic heterocycles. The Morgan fingerprint density at radius 3 is 2.76 bits per heavy atom. The first-order chi connectivity index (χ1) is 14.1. The molecule has 0 bridgehead atoms. The van der Waals surface area contributed by atoms with E-state index in [9.17, 15) is 9.59 Å². The lowest BCUT2D eigenvalue weighted by Gasteiger charge is -2.24. The SMILES string of the molecule is O=C(CCC(=O)c1ccc(Cl)s1)NC1CCCc2c1cnn2Cc1ccccc1. The standard InChI is InChI=1S/C22H22ClN3O2S/c23-21-11-10-20(29-21)19(27)9-12-22(28)25-17-7-4-8-18-16(17)13-24-26(18)14-15-5-2-1-3-6-15/h1-3,5-6,10-11,13,17H,4,7-9,12,14H2,(H,25,28). The zero-order valence-corrected chi connectivity index (χ0v) is 17.5. The largest absolute Gasteiger partial charge is 0.349 e. The van der Waals surface area contributed by atoms with Crippen LogP contribution in [0.5, 0.6) is 0 Å². The van der Waals surface area contributed by atoms with E-state index < -0.39 is 0 Å². The predicted molar refractivity (Wildman–Crippen MR) is 114 cm³/mol. The molecule has 0 fully saturated rings. The number of nitrogens with zero attached hydrogens (tertiary/aromatic N) is 2. The Hall–Kier alpha value is -2.44. The van der Waals surface area contributed by atoms with Crippen molar-refractivity contribution in [3.8, 4) is 0 Å². The van der Waals surface area contributed by atoms with Gasteiger partial charge in [-0.2, -0.15) is 5.10 Å². The molecule has 1 aliphatic rings. The summed E-state index contributed by atoms with van der Waals surface area (Å²) in [5, 5.41) is 7.66. The summed E-state index contributed by atoms with van der Waals surface area (Å²) in [5.74, 6) is -0.147. The molecule has 1 atom stereocenters. The highest BCUT2D eigenvalue weighted by atomic mass is 35.5. The number of halogens is 1. The van der Waals surface area contributed by atoms with Crippen LogP contribution in [-0.4, -0.2) is 21.5 Å². The van der Waals surface area contributed by atoms with Crippen molar-refractivity contribution in [2.75, 3.05) is 0 Å². The van der Waals surface area contributed by atoms with Gasteiger partial charge in [-0.1, -0.05) is 41.9 Å². The molecule has 150 valence electrons. The van der Waals surface area contributed by atoms with E-state index in [4.69, 9.17) is 11.6 Å².